The molecule has 2 aliphatic heterocycles. The number of thiazole rings is 2. The summed E-state index contributed by atoms with van der Waals surface area (Å²) in [4.78, 5) is 51.5. The molecule has 1 saturated heterocycles. The van der Waals surface area contributed by atoms with E-state index in [2.05, 4.69) is 36.4 Å². The van der Waals surface area contributed by atoms with Crippen molar-refractivity contribution in [2.45, 2.75) is 94.9 Å². The Hall–Kier alpha value is -3.51. The molecular formula is C32H39N5O5S2. The normalized spacial score (nSPS) is 28.8. The summed E-state index contributed by atoms with van der Waals surface area (Å²) in [6, 6.07) is 6.28. The molecule has 3 aromatic rings. The third-order valence-corrected chi connectivity index (χ3v) is 10.4. The van der Waals surface area contributed by atoms with Crippen LogP contribution < -0.4 is 15.4 Å². The molecule has 10 nitrogen and oxygen atoms in total. The van der Waals surface area contributed by atoms with Gasteiger partial charge in [-0.1, -0.05) is 69.2 Å². The van der Waals surface area contributed by atoms with Crippen LogP contribution >= 0.6 is 22.7 Å². The highest BCUT2D eigenvalue weighted by molar-refractivity contribution is 7.20. The minimum absolute atomic E-state index is 0.125. The van der Waals surface area contributed by atoms with Crippen molar-refractivity contribution in [3.05, 3.63) is 47.5 Å². The van der Waals surface area contributed by atoms with E-state index in [4.69, 9.17) is 9.72 Å². The van der Waals surface area contributed by atoms with Gasteiger partial charge in [0.15, 0.2) is 5.13 Å². The molecule has 3 aliphatic rings. The fourth-order valence-corrected chi connectivity index (χ4v) is 7.90. The maximum absolute atomic E-state index is 14.3. The first kappa shape index (κ1) is 30.5. The van der Waals surface area contributed by atoms with Gasteiger partial charge in [0.1, 0.15) is 23.7 Å². The van der Waals surface area contributed by atoms with Crippen LogP contribution in [0.3, 0.4) is 0 Å². The van der Waals surface area contributed by atoms with Crippen LogP contribution in [0.1, 0.15) is 71.4 Å². The van der Waals surface area contributed by atoms with Gasteiger partial charge in [0.05, 0.1) is 22.5 Å². The fraction of sp³-hybridized carbons (Fsp3) is 0.531. The molecule has 4 heterocycles. The number of hydrogen-bond acceptors (Lipinski definition) is 9. The number of hydrogen-bond donors (Lipinski definition) is 3. The van der Waals surface area contributed by atoms with Crippen LogP contribution in [-0.4, -0.2) is 68.0 Å². The third kappa shape index (κ3) is 6.32. The standard InChI is InChI=1S/C32H39N5O5S2/c1-31(2,3)25-18-43-29(35-25)33-22-13-8-6-4-5-7-11-19-16-32(19,28(40)41)36-26(38)23-15-20(17-37(23)27(22)39)42-30-34-21-12-9-10-14-24(21)44-30/h7,9-12,14,18-20,22-23H,4-6,8,13,15-17H2,1-3H3,(H,33,35)(H,36,38)(H,40,41)/b11-7-/t19-,20-,22+,23+,32-/m1/s1. The summed E-state index contributed by atoms with van der Waals surface area (Å²) in [5, 5.41) is 19.5. The summed E-state index contributed by atoms with van der Waals surface area (Å²) >= 11 is 2.89. The Kier molecular flexibility index (Phi) is 8.40. The number of carbonyl (C=O) groups is 3. The number of carboxylic acids is 1. The van der Waals surface area contributed by atoms with Crippen molar-refractivity contribution in [2.24, 2.45) is 5.92 Å². The minimum Gasteiger partial charge on any atom is -0.479 e. The van der Waals surface area contributed by atoms with Crippen molar-refractivity contribution < 1.29 is 24.2 Å². The first-order valence-electron chi connectivity index (χ1n) is 15.3. The summed E-state index contributed by atoms with van der Waals surface area (Å²) in [5.74, 6) is -2.01. The van der Waals surface area contributed by atoms with E-state index in [0.717, 1.165) is 41.6 Å². The Balaban J connectivity index is 1.28. The van der Waals surface area contributed by atoms with Crippen molar-refractivity contribution in [3.63, 3.8) is 0 Å². The van der Waals surface area contributed by atoms with Crippen LogP contribution in [0.25, 0.3) is 10.2 Å². The van der Waals surface area contributed by atoms with Gasteiger partial charge in [0.25, 0.3) is 5.19 Å². The highest BCUT2D eigenvalue weighted by Gasteiger charge is 2.61. The number of nitrogens with zero attached hydrogens (tertiary/aromatic N) is 3. The molecule has 3 N–H and O–H groups in total. The molecule has 0 spiro atoms. The van der Waals surface area contributed by atoms with Gasteiger partial charge in [0.2, 0.25) is 11.8 Å². The molecule has 12 heteroatoms. The van der Waals surface area contributed by atoms with Crippen LogP contribution in [-0.2, 0) is 19.8 Å². The third-order valence-electron chi connectivity index (χ3n) is 8.73. The second-order valence-electron chi connectivity index (χ2n) is 13.1. The molecule has 0 bridgehead atoms. The molecule has 5 atom stereocenters. The average molecular weight is 638 g/mol. The Morgan fingerprint density at radius 2 is 2.00 bits per heavy atom. The number of fused-ring (bicyclic) bond motifs is 3. The lowest BCUT2D eigenvalue weighted by molar-refractivity contribution is -0.145. The van der Waals surface area contributed by atoms with Gasteiger partial charge in [-0.15, -0.1) is 11.3 Å². The Morgan fingerprint density at radius 1 is 1.18 bits per heavy atom. The number of allylic oxidation sites excluding steroid dienone is 1. The summed E-state index contributed by atoms with van der Waals surface area (Å²) in [5.41, 5.74) is 0.297. The Bertz CT molecular complexity index is 1540. The molecule has 44 heavy (non-hydrogen) atoms. The summed E-state index contributed by atoms with van der Waals surface area (Å²) in [6.07, 6.45) is 8.15. The second kappa shape index (κ2) is 12.1. The molecule has 2 aromatic heterocycles. The molecule has 0 unspecified atom stereocenters. The molecular weight excluding hydrogens is 599 g/mol. The smallest absolute Gasteiger partial charge is 0.330 e. The zero-order chi connectivity index (χ0) is 31.1. The summed E-state index contributed by atoms with van der Waals surface area (Å²) in [6.45, 7) is 6.49. The molecule has 0 radical (unpaired) electrons. The average Bonchev–Trinajstić information content (AvgIpc) is 3.36. The lowest BCUT2D eigenvalue weighted by atomic mass is 9.93. The molecule has 2 fully saturated rings. The Labute approximate surface area is 264 Å². The fourth-order valence-electron chi connectivity index (χ4n) is 6.02. The van der Waals surface area contributed by atoms with Crippen LogP contribution in [0.2, 0.25) is 0 Å². The van der Waals surface area contributed by atoms with E-state index in [1.54, 1.807) is 4.90 Å². The van der Waals surface area contributed by atoms with E-state index in [0.29, 0.717) is 23.2 Å². The number of nitrogens with one attached hydrogen (secondary N) is 2. The number of aliphatic carboxylic acids is 1. The molecule has 2 amide bonds. The molecule has 6 rings (SSSR count). The van der Waals surface area contributed by atoms with Gasteiger partial charge in [-0.3, -0.25) is 9.59 Å². The van der Waals surface area contributed by atoms with Crippen molar-refractivity contribution in [3.8, 4) is 5.19 Å². The van der Waals surface area contributed by atoms with Gasteiger partial charge in [-0.2, -0.15) is 0 Å². The molecule has 1 aromatic carbocycles. The summed E-state index contributed by atoms with van der Waals surface area (Å²) in [7, 11) is 0. The monoisotopic (exact) mass is 637 g/mol. The van der Waals surface area contributed by atoms with E-state index in [9.17, 15) is 19.5 Å². The maximum atomic E-state index is 14.3. The zero-order valence-electron chi connectivity index (χ0n) is 25.2. The van der Waals surface area contributed by atoms with Gasteiger partial charge in [0, 0.05) is 23.1 Å². The van der Waals surface area contributed by atoms with E-state index in [1.165, 1.54) is 22.7 Å². The first-order valence-corrected chi connectivity index (χ1v) is 17.0. The highest BCUT2D eigenvalue weighted by atomic mass is 32.1. The number of ether oxygens (including phenoxy) is 1. The number of aromatic nitrogens is 2. The Morgan fingerprint density at radius 3 is 2.75 bits per heavy atom. The summed E-state index contributed by atoms with van der Waals surface area (Å²) < 4.78 is 7.27. The molecule has 1 aliphatic carbocycles. The van der Waals surface area contributed by atoms with E-state index in [-0.39, 0.29) is 30.2 Å². The highest BCUT2D eigenvalue weighted by Crippen LogP contribution is 2.45. The predicted molar refractivity (Wildman–Crippen MR) is 171 cm³/mol. The van der Waals surface area contributed by atoms with Gasteiger partial charge in [-0.05, 0) is 37.8 Å². The van der Waals surface area contributed by atoms with Crippen molar-refractivity contribution in [1.82, 2.24) is 20.2 Å². The van der Waals surface area contributed by atoms with Gasteiger partial charge >= 0.3 is 5.97 Å². The topological polar surface area (TPSA) is 134 Å². The molecule has 234 valence electrons. The maximum Gasteiger partial charge on any atom is 0.330 e. The SMILES string of the molecule is CC(C)(C)c1csc(N[C@H]2CCCCC/C=C\[C@@H]3C[C@@]3(C(=O)O)NC(=O)[C@@H]3C[C@@H](Oc4nc5ccccc5s4)CN3C2=O)n1. The first-order chi connectivity index (χ1) is 21.0. The van der Waals surface area contributed by atoms with Crippen molar-refractivity contribution in [2.75, 3.05) is 11.9 Å². The van der Waals surface area contributed by atoms with Crippen LogP contribution in [0.5, 0.6) is 5.19 Å². The number of anilines is 1. The number of rotatable bonds is 5. The minimum atomic E-state index is -1.35. The number of amides is 2. The van der Waals surface area contributed by atoms with E-state index in [1.807, 2.05) is 41.8 Å². The van der Waals surface area contributed by atoms with Crippen molar-refractivity contribution >= 4 is 55.8 Å². The van der Waals surface area contributed by atoms with E-state index >= 15 is 0 Å². The number of para-hydroxylation sites is 1. The quantitative estimate of drug-likeness (QED) is 0.319. The lowest BCUT2D eigenvalue weighted by Crippen LogP contribution is -2.55. The number of benzene rings is 1. The van der Waals surface area contributed by atoms with Crippen LogP contribution in [0, 0.1) is 5.92 Å². The van der Waals surface area contributed by atoms with Crippen LogP contribution in [0.15, 0.2) is 41.8 Å². The van der Waals surface area contributed by atoms with Gasteiger partial charge < -0.3 is 25.4 Å². The number of carboxylic acid groups (broad SMARTS) is 1. The largest absolute Gasteiger partial charge is 0.479 e. The van der Waals surface area contributed by atoms with Crippen molar-refractivity contribution in [1.29, 1.82) is 0 Å². The number of carbonyl (C=O) groups excluding carboxylic acids is 2. The molecule has 1 saturated carbocycles. The lowest BCUT2D eigenvalue weighted by Gasteiger charge is -2.29. The second-order valence-corrected chi connectivity index (χ2v) is 14.9. The van der Waals surface area contributed by atoms with Gasteiger partial charge in [-0.25, -0.2) is 14.8 Å². The zero-order valence-corrected chi connectivity index (χ0v) is 26.9. The van der Waals surface area contributed by atoms with Crippen LogP contribution in [0.4, 0.5) is 5.13 Å². The predicted octanol–water partition coefficient (Wildman–Crippen LogP) is 5.36. The van der Waals surface area contributed by atoms with E-state index < -0.39 is 35.6 Å².